The predicted octanol–water partition coefficient (Wildman–Crippen LogP) is 2.03. The first-order valence-corrected chi connectivity index (χ1v) is 10.8. The third-order valence-corrected chi connectivity index (χ3v) is 5.45. The Hall–Kier alpha value is -4.05. The van der Waals surface area contributed by atoms with Crippen molar-refractivity contribution in [3.05, 3.63) is 54.6 Å². The lowest BCUT2D eigenvalue weighted by Crippen LogP contribution is -2.41. The number of carbonyl (C=O) groups excluding carboxylic acids is 2. The maximum atomic E-state index is 12.4. The number of hydrogen-bond acceptors (Lipinski definition) is 7. The summed E-state index contributed by atoms with van der Waals surface area (Å²) in [5.41, 5.74) is 7.70. The van der Waals surface area contributed by atoms with Crippen molar-refractivity contribution in [3.63, 3.8) is 0 Å². The highest BCUT2D eigenvalue weighted by Crippen LogP contribution is 2.23. The number of rotatable bonds is 6. The van der Waals surface area contributed by atoms with E-state index in [1.807, 2.05) is 54.6 Å². The Morgan fingerprint density at radius 2 is 1.70 bits per heavy atom. The van der Waals surface area contributed by atoms with E-state index in [1.165, 1.54) is 0 Å². The standard InChI is InChI=1S/C23H23N7O3/c31-19(10-11-20(32)29-12-14-33-15-13-29)26-27-23-24-18-9-5-4-8-17(18)22-25-21(28-30(22)23)16-6-2-1-3-7-16/h1-9H,10-15H2,(H,24,27)(H,26,31). The number of fused-ring (bicyclic) bond motifs is 3. The van der Waals surface area contributed by atoms with E-state index in [0.717, 1.165) is 16.5 Å². The van der Waals surface area contributed by atoms with Crippen LogP contribution in [0.25, 0.3) is 27.9 Å². The van der Waals surface area contributed by atoms with Gasteiger partial charge in [-0.1, -0.05) is 42.5 Å². The molecule has 2 N–H and O–H groups in total. The van der Waals surface area contributed by atoms with Crippen LogP contribution >= 0.6 is 0 Å². The van der Waals surface area contributed by atoms with Crippen LogP contribution in [-0.2, 0) is 14.3 Å². The molecule has 0 spiro atoms. The number of amides is 2. The third-order valence-electron chi connectivity index (χ3n) is 5.45. The highest BCUT2D eigenvalue weighted by molar-refractivity contribution is 5.93. The van der Waals surface area contributed by atoms with Crippen LogP contribution in [0.5, 0.6) is 0 Å². The van der Waals surface area contributed by atoms with Crippen molar-refractivity contribution >= 4 is 34.3 Å². The van der Waals surface area contributed by atoms with Gasteiger partial charge in [-0.05, 0) is 12.1 Å². The lowest BCUT2D eigenvalue weighted by molar-refractivity contribution is -0.137. The molecule has 1 aliphatic rings. The van der Waals surface area contributed by atoms with Crippen LogP contribution in [0.3, 0.4) is 0 Å². The topological polar surface area (TPSA) is 114 Å². The summed E-state index contributed by atoms with van der Waals surface area (Å²) in [6.07, 6.45) is 0.197. The van der Waals surface area contributed by atoms with Crippen molar-refractivity contribution in [2.45, 2.75) is 12.8 Å². The first-order chi connectivity index (χ1) is 16.2. The fourth-order valence-corrected chi connectivity index (χ4v) is 3.73. The molecule has 1 aliphatic heterocycles. The minimum atomic E-state index is -0.317. The van der Waals surface area contributed by atoms with E-state index in [0.29, 0.717) is 43.7 Å². The van der Waals surface area contributed by atoms with Crippen LogP contribution in [0.15, 0.2) is 54.6 Å². The smallest absolute Gasteiger partial charge is 0.245 e. The number of benzene rings is 2. The molecule has 0 saturated carbocycles. The fraction of sp³-hybridized carbons (Fsp3) is 0.261. The fourth-order valence-electron chi connectivity index (χ4n) is 3.73. The van der Waals surface area contributed by atoms with Gasteiger partial charge in [-0.15, -0.1) is 5.10 Å². The molecular formula is C23H23N7O3. The first-order valence-electron chi connectivity index (χ1n) is 10.8. The van der Waals surface area contributed by atoms with Gasteiger partial charge in [0, 0.05) is 36.9 Å². The molecule has 10 heteroatoms. The van der Waals surface area contributed by atoms with Gasteiger partial charge >= 0.3 is 0 Å². The summed E-state index contributed by atoms with van der Waals surface area (Å²) in [6, 6.07) is 17.3. The van der Waals surface area contributed by atoms with Crippen molar-refractivity contribution in [1.82, 2.24) is 29.9 Å². The highest BCUT2D eigenvalue weighted by Gasteiger charge is 2.18. The monoisotopic (exact) mass is 445 g/mol. The average molecular weight is 445 g/mol. The molecule has 0 unspecified atom stereocenters. The van der Waals surface area contributed by atoms with E-state index in [1.54, 1.807) is 9.42 Å². The Morgan fingerprint density at radius 1 is 0.939 bits per heavy atom. The number of anilines is 1. The van der Waals surface area contributed by atoms with Crippen molar-refractivity contribution in [1.29, 1.82) is 0 Å². The van der Waals surface area contributed by atoms with Gasteiger partial charge in [0.2, 0.25) is 17.8 Å². The number of hydrazine groups is 1. The summed E-state index contributed by atoms with van der Waals surface area (Å²) in [7, 11) is 0. The molecule has 4 aromatic rings. The largest absolute Gasteiger partial charge is 0.378 e. The Morgan fingerprint density at radius 3 is 2.52 bits per heavy atom. The number of nitrogens with one attached hydrogen (secondary N) is 2. The van der Waals surface area contributed by atoms with Crippen molar-refractivity contribution in [3.8, 4) is 11.4 Å². The van der Waals surface area contributed by atoms with E-state index >= 15 is 0 Å². The van der Waals surface area contributed by atoms with Gasteiger partial charge in [0.05, 0.1) is 18.7 Å². The van der Waals surface area contributed by atoms with Gasteiger partial charge in [0.25, 0.3) is 0 Å². The SMILES string of the molecule is O=C(CCC(=O)N1CCOCC1)NNc1nc2ccccc2c2nc(-c3ccccc3)nn12. The summed E-state index contributed by atoms with van der Waals surface area (Å²) in [4.78, 5) is 35.7. The maximum Gasteiger partial charge on any atom is 0.245 e. The Labute approximate surface area is 189 Å². The van der Waals surface area contributed by atoms with Crippen LogP contribution in [-0.4, -0.2) is 62.6 Å². The summed E-state index contributed by atoms with van der Waals surface area (Å²) >= 11 is 0. The van der Waals surface area contributed by atoms with Gasteiger partial charge < -0.3 is 9.64 Å². The molecule has 0 bridgehead atoms. The molecule has 1 fully saturated rings. The zero-order valence-electron chi connectivity index (χ0n) is 17.9. The molecule has 2 aromatic heterocycles. The zero-order chi connectivity index (χ0) is 22.6. The number of nitrogens with zero attached hydrogens (tertiary/aromatic N) is 5. The van der Waals surface area contributed by atoms with Crippen molar-refractivity contribution in [2.75, 3.05) is 31.7 Å². The van der Waals surface area contributed by atoms with E-state index in [9.17, 15) is 9.59 Å². The number of hydrogen-bond donors (Lipinski definition) is 2. The summed E-state index contributed by atoms with van der Waals surface area (Å²) in [6.45, 7) is 2.19. The van der Waals surface area contributed by atoms with Crippen molar-refractivity contribution in [2.24, 2.45) is 0 Å². The predicted molar refractivity (Wildman–Crippen MR) is 122 cm³/mol. The van der Waals surface area contributed by atoms with Crippen molar-refractivity contribution < 1.29 is 14.3 Å². The Kier molecular flexibility index (Phi) is 5.81. The number of ether oxygens (including phenoxy) is 1. The normalized spacial score (nSPS) is 13.9. The van der Waals surface area contributed by atoms with E-state index in [2.05, 4.69) is 20.9 Å². The molecule has 3 heterocycles. The molecular weight excluding hydrogens is 422 g/mol. The molecule has 33 heavy (non-hydrogen) atoms. The summed E-state index contributed by atoms with van der Waals surface area (Å²) in [5.74, 6) is 0.511. The van der Waals surface area contributed by atoms with Gasteiger partial charge in [-0.25, -0.2) is 9.97 Å². The Bertz CT molecular complexity index is 1300. The second-order valence-corrected chi connectivity index (χ2v) is 7.66. The molecule has 168 valence electrons. The van der Waals surface area contributed by atoms with E-state index < -0.39 is 0 Å². The number of morpholine rings is 1. The van der Waals surface area contributed by atoms with Crippen LogP contribution in [0.2, 0.25) is 0 Å². The first kappa shape index (κ1) is 20.8. The van der Waals surface area contributed by atoms with Gasteiger partial charge in [0.15, 0.2) is 11.5 Å². The lowest BCUT2D eigenvalue weighted by atomic mass is 10.2. The average Bonchev–Trinajstić information content (AvgIpc) is 3.33. The maximum absolute atomic E-state index is 12.4. The minimum Gasteiger partial charge on any atom is -0.378 e. The number of aromatic nitrogens is 4. The van der Waals surface area contributed by atoms with Crippen LogP contribution in [0.1, 0.15) is 12.8 Å². The van der Waals surface area contributed by atoms with Gasteiger partial charge in [0.1, 0.15) is 0 Å². The molecule has 0 aliphatic carbocycles. The highest BCUT2D eigenvalue weighted by atomic mass is 16.5. The minimum absolute atomic E-state index is 0.0524. The van der Waals surface area contributed by atoms with Gasteiger partial charge in [-0.2, -0.15) is 4.52 Å². The molecule has 0 radical (unpaired) electrons. The lowest BCUT2D eigenvalue weighted by Gasteiger charge is -2.26. The Balaban J connectivity index is 1.34. The van der Waals surface area contributed by atoms with Crippen LogP contribution < -0.4 is 10.9 Å². The molecule has 5 rings (SSSR count). The van der Waals surface area contributed by atoms with E-state index in [4.69, 9.17) is 9.72 Å². The number of carbonyl (C=O) groups is 2. The molecule has 2 amide bonds. The van der Waals surface area contributed by atoms with Gasteiger partial charge in [-0.3, -0.25) is 20.4 Å². The number of para-hydroxylation sites is 1. The third kappa shape index (κ3) is 4.46. The summed E-state index contributed by atoms with van der Waals surface area (Å²) < 4.78 is 6.83. The molecule has 2 aromatic carbocycles. The summed E-state index contributed by atoms with van der Waals surface area (Å²) in [5, 5.41) is 5.45. The second-order valence-electron chi connectivity index (χ2n) is 7.66. The van der Waals surface area contributed by atoms with E-state index in [-0.39, 0.29) is 24.7 Å². The second kappa shape index (κ2) is 9.21. The van der Waals surface area contributed by atoms with Crippen LogP contribution in [0, 0.1) is 0 Å². The molecule has 10 nitrogen and oxygen atoms in total. The zero-order valence-corrected chi connectivity index (χ0v) is 17.9. The quantitative estimate of drug-likeness (QED) is 0.437. The molecule has 0 atom stereocenters. The van der Waals surface area contributed by atoms with Crippen LogP contribution in [0.4, 0.5) is 5.95 Å². The molecule has 1 saturated heterocycles.